The minimum absolute atomic E-state index is 0.0300. The van der Waals surface area contributed by atoms with Gasteiger partial charge in [-0.25, -0.2) is 4.39 Å². The van der Waals surface area contributed by atoms with Crippen LogP contribution in [0.2, 0.25) is 5.02 Å². The van der Waals surface area contributed by atoms with Crippen LogP contribution in [0.15, 0.2) is 18.2 Å². The highest BCUT2D eigenvalue weighted by Gasteiger charge is 2.46. The number of carboxylic acids is 1. The number of benzene rings is 1. The summed E-state index contributed by atoms with van der Waals surface area (Å²) in [5.74, 6) is -1.76. The van der Waals surface area contributed by atoms with Gasteiger partial charge in [0.1, 0.15) is 5.82 Å². The van der Waals surface area contributed by atoms with E-state index in [-0.39, 0.29) is 23.4 Å². The van der Waals surface area contributed by atoms with Gasteiger partial charge in [0.25, 0.3) is 5.91 Å². The van der Waals surface area contributed by atoms with Crippen LogP contribution in [-0.2, 0) is 4.79 Å². The number of carboxylic acid groups (broad SMARTS) is 1. The summed E-state index contributed by atoms with van der Waals surface area (Å²) in [6.07, 6.45) is 2.08. The zero-order valence-corrected chi connectivity index (χ0v) is 12.0. The van der Waals surface area contributed by atoms with E-state index in [9.17, 15) is 19.1 Å². The highest BCUT2D eigenvalue weighted by Crippen LogP contribution is 2.44. The minimum Gasteiger partial charge on any atom is -0.481 e. The summed E-state index contributed by atoms with van der Waals surface area (Å²) in [5, 5.41) is 9.20. The minimum atomic E-state index is -0.848. The molecule has 1 heterocycles. The summed E-state index contributed by atoms with van der Waals surface area (Å²) < 4.78 is 13.1. The first kappa shape index (κ1) is 14.3. The smallest absolute Gasteiger partial charge is 0.308 e. The summed E-state index contributed by atoms with van der Waals surface area (Å²) in [5.41, 5.74) is 0.294. The fourth-order valence-electron chi connectivity index (χ4n) is 3.07. The first-order valence-corrected chi connectivity index (χ1v) is 7.32. The summed E-state index contributed by atoms with van der Waals surface area (Å²) in [4.78, 5) is 25.3. The third kappa shape index (κ3) is 2.75. The standard InChI is InChI=1S/C15H15ClFNO3/c16-12-5-9(3-4-13(12)17)14(19)18-6-10(8-1-2-8)11(7-18)15(20)21/h3-5,8,10-11H,1-2,6-7H2,(H,20,21)/t10-,11+/m1/s1. The maximum Gasteiger partial charge on any atom is 0.308 e. The molecule has 0 bridgehead atoms. The monoisotopic (exact) mass is 311 g/mol. The summed E-state index contributed by atoms with van der Waals surface area (Å²) >= 11 is 5.69. The van der Waals surface area contributed by atoms with E-state index in [0.29, 0.717) is 18.0 Å². The average Bonchev–Trinajstić information content (AvgIpc) is 3.19. The lowest BCUT2D eigenvalue weighted by molar-refractivity contribution is -0.142. The molecule has 0 spiro atoms. The third-order valence-corrected chi connectivity index (χ3v) is 4.65. The van der Waals surface area contributed by atoms with Gasteiger partial charge in [-0.05, 0) is 42.9 Å². The molecule has 2 fully saturated rings. The van der Waals surface area contributed by atoms with Crippen molar-refractivity contribution < 1.29 is 19.1 Å². The summed E-state index contributed by atoms with van der Waals surface area (Å²) in [7, 11) is 0. The molecule has 1 saturated carbocycles. The summed E-state index contributed by atoms with van der Waals surface area (Å²) in [6, 6.07) is 3.82. The number of carbonyl (C=O) groups excluding carboxylic acids is 1. The second-order valence-electron chi connectivity index (χ2n) is 5.79. The lowest BCUT2D eigenvalue weighted by Gasteiger charge is -2.16. The van der Waals surface area contributed by atoms with Gasteiger partial charge in [0.15, 0.2) is 0 Å². The van der Waals surface area contributed by atoms with Gasteiger partial charge in [-0.15, -0.1) is 0 Å². The zero-order chi connectivity index (χ0) is 15.1. The molecular weight excluding hydrogens is 297 g/mol. The van der Waals surface area contributed by atoms with Gasteiger partial charge in [-0.3, -0.25) is 9.59 Å². The largest absolute Gasteiger partial charge is 0.481 e. The maximum absolute atomic E-state index is 13.1. The zero-order valence-electron chi connectivity index (χ0n) is 11.3. The van der Waals surface area contributed by atoms with Crippen molar-refractivity contribution in [1.29, 1.82) is 0 Å². The van der Waals surface area contributed by atoms with Crippen molar-refractivity contribution in [2.45, 2.75) is 12.8 Å². The van der Waals surface area contributed by atoms with Crippen LogP contribution in [0.25, 0.3) is 0 Å². The fraction of sp³-hybridized carbons (Fsp3) is 0.467. The number of halogens is 2. The SMILES string of the molecule is O=C(O)[C@H]1CN(C(=O)c2ccc(F)c(Cl)c2)C[C@@H]1C1CC1. The molecule has 6 heteroatoms. The molecule has 1 amide bonds. The van der Waals surface area contributed by atoms with Crippen molar-refractivity contribution in [2.75, 3.05) is 13.1 Å². The number of carbonyl (C=O) groups is 2. The first-order chi connectivity index (χ1) is 9.97. The van der Waals surface area contributed by atoms with E-state index >= 15 is 0 Å². The van der Waals surface area contributed by atoms with Crippen LogP contribution in [-0.4, -0.2) is 35.0 Å². The molecule has 2 aliphatic rings. The molecule has 1 aliphatic heterocycles. The van der Waals surface area contributed by atoms with Gasteiger partial charge in [-0.1, -0.05) is 11.6 Å². The Bertz CT molecular complexity index is 603. The fourth-order valence-corrected chi connectivity index (χ4v) is 3.25. The van der Waals surface area contributed by atoms with Crippen molar-refractivity contribution in [3.05, 3.63) is 34.6 Å². The van der Waals surface area contributed by atoms with Gasteiger partial charge in [-0.2, -0.15) is 0 Å². The van der Waals surface area contributed by atoms with Crippen LogP contribution in [0.4, 0.5) is 4.39 Å². The van der Waals surface area contributed by atoms with E-state index < -0.39 is 17.7 Å². The van der Waals surface area contributed by atoms with Crippen molar-refractivity contribution in [3.8, 4) is 0 Å². The number of amides is 1. The van der Waals surface area contributed by atoms with E-state index in [4.69, 9.17) is 11.6 Å². The van der Waals surface area contributed by atoms with Crippen LogP contribution in [0.1, 0.15) is 23.2 Å². The summed E-state index contributed by atoms with van der Waals surface area (Å²) in [6.45, 7) is 0.666. The van der Waals surface area contributed by atoms with Gasteiger partial charge in [0, 0.05) is 18.7 Å². The maximum atomic E-state index is 13.1. The first-order valence-electron chi connectivity index (χ1n) is 6.94. The lowest BCUT2D eigenvalue weighted by Crippen LogP contribution is -2.29. The number of aliphatic carboxylic acids is 1. The molecule has 112 valence electrons. The van der Waals surface area contributed by atoms with Gasteiger partial charge in [0.2, 0.25) is 0 Å². The van der Waals surface area contributed by atoms with Crippen molar-refractivity contribution in [3.63, 3.8) is 0 Å². The van der Waals surface area contributed by atoms with Crippen LogP contribution in [0.3, 0.4) is 0 Å². The van der Waals surface area contributed by atoms with E-state index in [1.165, 1.54) is 12.1 Å². The quantitative estimate of drug-likeness (QED) is 0.933. The van der Waals surface area contributed by atoms with Crippen LogP contribution in [0.5, 0.6) is 0 Å². The number of likely N-dealkylation sites (tertiary alicyclic amines) is 1. The van der Waals surface area contributed by atoms with Crippen molar-refractivity contribution >= 4 is 23.5 Å². The van der Waals surface area contributed by atoms with Crippen molar-refractivity contribution in [2.24, 2.45) is 17.8 Å². The van der Waals surface area contributed by atoms with E-state index in [1.807, 2.05) is 0 Å². The Kier molecular flexibility index (Phi) is 3.61. The number of hydrogen-bond acceptors (Lipinski definition) is 2. The van der Waals surface area contributed by atoms with Gasteiger partial charge < -0.3 is 10.0 Å². The van der Waals surface area contributed by atoms with Crippen molar-refractivity contribution in [1.82, 2.24) is 4.90 Å². The average molecular weight is 312 g/mol. The molecule has 1 saturated heterocycles. The molecule has 0 radical (unpaired) electrons. The molecule has 1 N–H and O–H groups in total. The van der Waals surface area contributed by atoms with Crippen LogP contribution in [0, 0.1) is 23.6 Å². The van der Waals surface area contributed by atoms with E-state index in [2.05, 4.69) is 0 Å². The second kappa shape index (κ2) is 5.30. The Hall–Kier alpha value is -1.62. The Labute approximate surface area is 126 Å². The number of hydrogen-bond donors (Lipinski definition) is 1. The highest BCUT2D eigenvalue weighted by atomic mass is 35.5. The molecule has 1 aromatic rings. The van der Waals surface area contributed by atoms with E-state index in [0.717, 1.165) is 18.9 Å². The van der Waals surface area contributed by atoms with Gasteiger partial charge in [0.05, 0.1) is 10.9 Å². The van der Waals surface area contributed by atoms with E-state index in [1.54, 1.807) is 4.90 Å². The van der Waals surface area contributed by atoms with Gasteiger partial charge >= 0.3 is 5.97 Å². The second-order valence-corrected chi connectivity index (χ2v) is 6.19. The molecule has 1 aromatic carbocycles. The topological polar surface area (TPSA) is 57.6 Å². The predicted molar refractivity (Wildman–Crippen MR) is 74.7 cm³/mol. The highest BCUT2D eigenvalue weighted by molar-refractivity contribution is 6.31. The predicted octanol–water partition coefficient (Wildman–Crippen LogP) is 2.66. The number of nitrogens with zero attached hydrogens (tertiary/aromatic N) is 1. The van der Waals surface area contributed by atoms with Crippen LogP contribution >= 0.6 is 11.6 Å². The molecule has 0 aromatic heterocycles. The normalized spacial score (nSPS) is 25.1. The molecule has 21 heavy (non-hydrogen) atoms. The van der Waals surface area contributed by atoms with Crippen LogP contribution < -0.4 is 0 Å². The molecule has 2 atom stereocenters. The Morgan fingerprint density at radius 3 is 2.57 bits per heavy atom. The molecule has 0 unspecified atom stereocenters. The Morgan fingerprint density at radius 1 is 1.29 bits per heavy atom. The third-order valence-electron chi connectivity index (χ3n) is 4.36. The Morgan fingerprint density at radius 2 is 2.00 bits per heavy atom. The molecule has 4 nitrogen and oxygen atoms in total. The molecular formula is C15H15ClFNO3. The lowest BCUT2D eigenvalue weighted by atomic mass is 9.92. The molecule has 3 rings (SSSR count). The Balaban J connectivity index is 1.78. The number of rotatable bonds is 3. The molecule has 1 aliphatic carbocycles.